The molecule has 0 amide bonds. The van der Waals surface area contributed by atoms with E-state index in [-0.39, 0.29) is 0 Å². The first-order chi connectivity index (χ1) is 2.73. The Labute approximate surface area is 53.6 Å². The van der Waals surface area contributed by atoms with E-state index in [1.165, 1.54) is 0 Å². The van der Waals surface area contributed by atoms with Gasteiger partial charge >= 0.3 is 42.1 Å². The van der Waals surface area contributed by atoms with Gasteiger partial charge in [0.15, 0.2) is 0 Å². The Kier molecular flexibility index (Phi) is 16.1. The number of rotatable bonds is 0. The van der Waals surface area contributed by atoms with Gasteiger partial charge in [0.1, 0.15) is 6.79 Å². The minimum atomic E-state index is -1.66. The standard InChI is InChI=1S/CH2O.3ClH.Rh/c1-2;;;;/h1H2;3*1H;/q;;;;+3/p-3. The molecule has 0 aliphatic heterocycles. The third kappa shape index (κ3) is 66.1. The van der Waals surface area contributed by atoms with Gasteiger partial charge in [-0.25, -0.2) is 0 Å². The van der Waals surface area contributed by atoms with Crippen LogP contribution in [0.25, 0.3) is 0 Å². The maximum absolute atomic E-state index is 8.00. The molecule has 0 atom stereocenters. The molecule has 0 saturated carbocycles. The zero-order valence-corrected chi connectivity index (χ0v) is 6.49. The molecule has 0 aliphatic carbocycles. The maximum atomic E-state index is 8.00. The molecule has 0 saturated heterocycles. The van der Waals surface area contributed by atoms with Gasteiger partial charge in [0.05, 0.1) is 0 Å². The number of hydrogen-bond acceptors (Lipinski definition) is 1. The average Bonchev–Trinajstić information content (AvgIpc) is 1.41. The Hall–Kier alpha value is 1.16. The van der Waals surface area contributed by atoms with Crippen LogP contribution < -0.4 is 0 Å². The van der Waals surface area contributed by atoms with E-state index in [4.69, 9.17) is 33.9 Å². The first-order valence-corrected chi connectivity index (χ1v) is 7.00. The summed E-state index contributed by atoms with van der Waals surface area (Å²) < 4.78 is 0. The van der Waals surface area contributed by atoms with E-state index < -0.39 is 13.0 Å². The Morgan fingerprint density at radius 1 is 1.17 bits per heavy atom. The van der Waals surface area contributed by atoms with Crippen molar-refractivity contribution in [1.82, 2.24) is 0 Å². The molecule has 6 heavy (non-hydrogen) atoms. The van der Waals surface area contributed by atoms with Gasteiger partial charge in [-0.15, -0.1) is 0 Å². The molecule has 0 bridgehead atoms. The van der Waals surface area contributed by atoms with E-state index in [0.717, 1.165) is 0 Å². The van der Waals surface area contributed by atoms with Crippen LogP contribution in [0, 0.1) is 0 Å². The quantitative estimate of drug-likeness (QED) is 0.590. The monoisotopic (exact) mass is 238 g/mol. The molecule has 0 fully saturated rings. The Morgan fingerprint density at radius 2 is 1.17 bits per heavy atom. The van der Waals surface area contributed by atoms with Crippen molar-refractivity contribution in [2.24, 2.45) is 0 Å². The van der Waals surface area contributed by atoms with Crippen molar-refractivity contribution in [3.8, 4) is 0 Å². The van der Waals surface area contributed by atoms with Crippen molar-refractivity contribution in [1.29, 1.82) is 0 Å². The van der Waals surface area contributed by atoms with E-state index in [2.05, 4.69) is 0 Å². The van der Waals surface area contributed by atoms with Gasteiger partial charge in [-0.05, 0) is 0 Å². The molecule has 0 aromatic heterocycles. The summed E-state index contributed by atoms with van der Waals surface area (Å²) in [6.07, 6.45) is 0. The fourth-order valence-electron chi connectivity index (χ4n) is 0. The molecule has 1 nitrogen and oxygen atoms in total. The van der Waals surface area contributed by atoms with Crippen molar-refractivity contribution in [2.75, 3.05) is 0 Å². The summed E-state index contributed by atoms with van der Waals surface area (Å²) in [6, 6.07) is 0. The molecular weight excluding hydrogens is 237 g/mol. The van der Waals surface area contributed by atoms with Crippen LogP contribution in [-0.2, 0) is 17.8 Å². The number of carbonyl (C=O) groups is 1. The predicted molar refractivity (Wildman–Crippen MR) is 24.7 cm³/mol. The third-order valence-corrected chi connectivity index (χ3v) is 0. The van der Waals surface area contributed by atoms with E-state index in [0.29, 0.717) is 0 Å². The summed E-state index contributed by atoms with van der Waals surface area (Å²) in [5.74, 6) is 0. The van der Waals surface area contributed by atoms with E-state index >= 15 is 0 Å². The second-order valence-corrected chi connectivity index (χ2v) is 7.61. The Balaban J connectivity index is 0. The molecule has 0 unspecified atom stereocenters. The van der Waals surface area contributed by atoms with Crippen molar-refractivity contribution in [2.45, 2.75) is 0 Å². The van der Waals surface area contributed by atoms with Crippen LogP contribution in [0.3, 0.4) is 0 Å². The molecule has 0 heterocycles. The van der Waals surface area contributed by atoms with E-state index in [1.807, 2.05) is 6.79 Å². The zero-order valence-electron chi connectivity index (χ0n) is 2.58. The summed E-state index contributed by atoms with van der Waals surface area (Å²) in [5.41, 5.74) is 0. The summed E-state index contributed by atoms with van der Waals surface area (Å²) >= 11 is -1.66. The van der Waals surface area contributed by atoms with Gasteiger partial charge < -0.3 is 4.79 Å². The average molecular weight is 239 g/mol. The normalized spacial score (nSPS) is 8.17. The van der Waals surface area contributed by atoms with Gasteiger partial charge in [0.2, 0.25) is 0 Å². The van der Waals surface area contributed by atoms with Gasteiger partial charge in [-0.3, -0.25) is 0 Å². The van der Waals surface area contributed by atoms with Gasteiger partial charge in [0, 0.05) is 0 Å². The van der Waals surface area contributed by atoms with Crippen LogP contribution in [0.4, 0.5) is 0 Å². The third-order valence-electron chi connectivity index (χ3n) is 0. The molecule has 0 radical (unpaired) electrons. The number of halogens is 3. The van der Waals surface area contributed by atoms with Crippen LogP contribution in [0.5, 0.6) is 0 Å². The second-order valence-electron chi connectivity index (χ2n) is 0.143. The number of carbonyl (C=O) groups excluding carboxylic acids is 1. The van der Waals surface area contributed by atoms with Gasteiger partial charge in [0.25, 0.3) is 0 Å². The fourth-order valence-corrected chi connectivity index (χ4v) is 0. The van der Waals surface area contributed by atoms with Crippen LogP contribution in [-0.4, -0.2) is 6.79 Å². The van der Waals surface area contributed by atoms with Crippen LogP contribution >= 0.6 is 29.1 Å². The van der Waals surface area contributed by atoms with Crippen LogP contribution in [0.15, 0.2) is 0 Å². The topological polar surface area (TPSA) is 17.1 Å². The number of hydrogen-bond donors (Lipinski definition) is 0. The SMILES string of the molecule is C=O.[Cl][Rh]([Cl])[Cl]. The van der Waals surface area contributed by atoms with E-state index in [1.54, 1.807) is 0 Å². The summed E-state index contributed by atoms with van der Waals surface area (Å²) in [5, 5.41) is 0. The predicted octanol–water partition coefficient (Wildman–Crippen LogP) is 1.88. The first-order valence-electron chi connectivity index (χ1n) is 0.667. The summed E-state index contributed by atoms with van der Waals surface area (Å²) in [4.78, 5) is 8.00. The molecular formula is CH2Cl3ORh. The Bertz CT molecular complexity index is 22.0. The molecule has 42 valence electrons. The van der Waals surface area contributed by atoms with E-state index in [9.17, 15) is 0 Å². The molecule has 5 heteroatoms. The van der Waals surface area contributed by atoms with Crippen molar-refractivity contribution >= 4 is 35.9 Å². The molecule has 0 aromatic carbocycles. The van der Waals surface area contributed by atoms with Gasteiger partial charge in [-0.1, -0.05) is 0 Å². The van der Waals surface area contributed by atoms with Crippen LogP contribution in [0.2, 0.25) is 0 Å². The second kappa shape index (κ2) is 9.48. The van der Waals surface area contributed by atoms with Crippen molar-refractivity contribution in [3.63, 3.8) is 0 Å². The summed E-state index contributed by atoms with van der Waals surface area (Å²) in [7, 11) is 14.8. The van der Waals surface area contributed by atoms with Gasteiger partial charge in [-0.2, -0.15) is 0 Å². The van der Waals surface area contributed by atoms with Crippen molar-refractivity contribution < 1.29 is 17.8 Å². The zero-order chi connectivity index (χ0) is 5.58. The minimum absolute atomic E-state index is 1.66. The summed E-state index contributed by atoms with van der Waals surface area (Å²) in [6.45, 7) is 2.00. The molecule has 0 rings (SSSR count). The first kappa shape index (κ1) is 10.2. The molecule has 0 aromatic rings. The fraction of sp³-hybridized carbons (Fsp3) is 0. The molecule has 0 N–H and O–H groups in total. The molecule has 0 spiro atoms. The van der Waals surface area contributed by atoms with Crippen LogP contribution in [0.1, 0.15) is 0 Å². The molecule has 0 aliphatic rings. The Morgan fingerprint density at radius 3 is 1.17 bits per heavy atom. The van der Waals surface area contributed by atoms with Crippen molar-refractivity contribution in [3.05, 3.63) is 0 Å².